The van der Waals surface area contributed by atoms with E-state index in [1.807, 2.05) is 0 Å². The van der Waals surface area contributed by atoms with Gasteiger partial charge in [-0.15, -0.1) is 11.8 Å². The van der Waals surface area contributed by atoms with Crippen LogP contribution in [-0.2, 0) is 9.53 Å². The van der Waals surface area contributed by atoms with Gasteiger partial charge >= 0.3 is 5.97 Å². The van der Waals surface area contributed by atoms with Gasteiger partial charge in [0.2, 0.25) is 0 Å². The van der Waals surface area contributed by atoms with Crippen LogP contribution in [0.5, 0.6) is 0 Å². The molecule has 86 valence electrons. The minimum absolute atomic E-state index is 0.0943. The number of carbonyl (C=O) groups is 2. The number of hydrogen-bond donors (Lipinski definition) is 0. The summed E-state index contributed by atoms with van der Waals surface area (Å²) in [7, 11) is 0. The molecule has 0 saturated heterocycles. The van der Waals surface area contributed by atoms with Crippen LogP contribution in [0, 0.1) is 0 Å². The first kappa shape index (κ1) is 12.6. The van der Waals surface area contributed by atoms with Gasteiger partial charge in [-0.2, -0.15) is 0 Å². The lowest BCUT2D eigenvalue weighted by atomic mass is 10.2. The molecule has 0 radical (unpaired) electrons. The van der Waals surface area contributed by atoms with E-state index in [0.29, 0.717) is 11.5 Å². The fourth-order valence-electron chi connectivity index (χ4n) is 1.10. The van der Waals surface area contributed by atoms with Crippen molar-refractivity contribution in [1.82, 2.24) is 0 Å². The summed E-state index contributed by atoms with van der Waals surface area (Å²) >= 11 is 1.13. The van der Waals surface area contributed by atoms with Crippen molar-refractivity contribution in [3.05, 3.63) is 29.8 Å². The second-order valence-corrected chi connectivity index (χ2v) is 3.89. The topological polar surface area (TPSA) is 66.4 Å². The molecule has 0 fully saturated rings. The van der Waals surface area contributed by atoms with Crippen LogP contribution >= 0.6 is 11.8 Å². The van der Waals surface area contributed by atoms with E-state index in [0.717, 1.165) is 11.8 Å². The first-order valence-corrected chi connectivity index (χ1v) is 5.72. The second kappa shape index (κ2) is 6.17. The van der Waals surface area contributed by atoms with E-state index in [1.54, 1.807) is 25.1 Å². The van der Waals surface area contributed by atoms with Gasteiger partial charge in [0.1, 0.15) is 0 Å². The SMILES string of the molecule is CCOC(=O)CSc1ccccc1C(=O)[O-]. The van der Waals surface area contributed by atoms with Gasteiger partial charge in [-0.25, -0.2) is 0 Å². The van der Waals surface area contributed by atoms with E-state index in [4.69, 9.17) is 4.74 Å². The molecule has 0 aliphatic heterocycles. The van der Waals surface area contributed by atoms with Crippen molar-refractivity contribution in [3.63, 3.8) is 0 Å². The van der Waals surface area contributed by atoms with Crippen molar-refractivity contribution in [2.45, 2.75) is 11.8 Å². The maximum absolute atomic E-state index is 11.1. The number of aromatic carboxylic acids is 1. The summed E-state index contributed by atoms with van der Waals surface area (Å²) in [6.07, 6.45) is 0. The number of carboxylic acid groups (broad SMARTS) is 1. The van der Waals surface area contributed by atoms with Crippen LogP contribution in [0.4, 0.5) is 0 Å². The second-order valence-electron chi connectivity index (χ2n) is 2.88. The summed E-state index contributed by atoms with van der Waals surface area (Å²) in [6, 6.07) is 6.40. The van der Waals surface area contributed by atoms with Gasteiger partial charge in [0.05, 0.1) is 18.3 Å². The van der Waals surface area contributed by atoms with Crippen LogP contribution in [0.3, 0.4) is 0 Å². The molecule has 0 aliphatic rings. The number of benzene rings is 1. The predicted octanol–water partition coefficient (Wildman–Crippen LogP) is 0.705. The minimum Gasteiger partial charge on any atom is -0.545 e. The molecule has 0 unspecified atom stereocenters. The Morgan fingerprint density at radius 2 is 2.06 bits per heavy atom. The average Bonchev–Trinajstić information content (AvgIpc) is 2.27. The fraction of sp³-hybridized carbons (Fsp3) is 0.273. The molecule has 1 rings (SSSR count). The van der Waals surface area contributed by atoms with Gasteiger partial charge in [-0.1, -0.05) is 18.2 Å². The highest BCUT2D eigenvalue weighted by molar-refractivity contribution is 8.00. The number of carbonyl (C=O) groups excluding carboxylic acids is 2. The molecule has 0 aliphatic carbocycles. The molecule has 0 aromatic heterocycles. The first-order valence-electron chi connectivity index (χ1n) is 4.74. The van der Waals surface area contributed by atoms with Crippen LogP contribution in [0.1, 0.15) is 17.3 Å². The molecule has 1 aromatic carbocycles. The molecule has 0 spiro atoms. The molecule has 5 heteroatoms. The summed E-state index contributed by atoms with van der Waals surface area (Å²) in [5, 5.41) is 10.8. The maximum Gasteiger partial charge on any atom is 0.316 e. The number of hydrogen-bond acceptors (Lipinski definition) is 5. The van der Waals surface area contributed by atoms with Crippen LogP contribution in [-0.4, -0.2) is 24.3 Å². The van der Waals surface area contributed by atoms with Gasteiger partial charge in [0.25, 0.3) is 0 Å². The average molecular weight is 239 g/mol. The smallest absolute Gasteiger partial charge is 0.316 e. The first-order chi connectivity index (χ1) is 7.65. The van der Waals surface area contributed by atoms with E-state index in [1.165, 1.54) is 6.07 Å². The highest BCUT2D eigenvalue weighted by atomic mass is 32.2. The summed E-state index contributed by atoms with van der Waals surface area (Å²) < 4.78 is 4.74. The van der Waals surface area contributed by atoms with E-state index in [9.17, 15) is 14.7 Å². The van der Waals surface area contributed by atoms with Crippen molar-refractivity contribution in [2.75, 3.05) is 12.4 Å². The Morgan fingerprint density at radius 3 is 2.69 bits per heavy atom. The van der Waals surface area contributed by atoms with Crippen molar-refractivity contribution < 1.29 is 19.4 Å². The lowest BCUT2D eigenvalue weighted by Gasteiger charge is -2.08. The van der Waals surface area contributed by atoms with Crippen molar-refractivity contribution in [1.29, 1.82) is 0 Å². The number of esters is 1. The number of rotatable bonds is 5. The minimum atomic E-state index is -1.24. The Kier molecular flexibility index (Phi) is 4.85. The van der Waals surface area contributed by atoms with Gasteiger partial charge in [-0.3, -0.25) is 4.79 Å². The van der Waals surface area contributed by atoms with E-state index in [2.05, 4.69) is 0 Å². The van der Waals surface area contributed by atoms with E-state index in [-0.39, 0.29) is 17.3 Å². The van der Waals surface area contributed by atoms with Crippen molar-refractivity contribution >= 4 is 23.7 Å². The van der Waals surface area contributed by atoms with Gasteiger partial charge in [0, 0.05) is 10.5 Å². The summed E-state index contributed by atoms with van der Waals surface area (Å²) in [5.41, 5.74) is 0.0943. The molecular weight excluding hydrogens is 228 g/mol. The standard InChI is InChI=1S/C11H12O4S/c1-2-15-10(12)7-16-9-6-4-3-5-8(9)11(13)14/h3-6H,2,7H2,1H3,(H,13,14)/p-1. The Hall–Kier alpha value is -1.49. The Morgan fingerprint density at radius 1 is 1.38 bits per heavy atom. The largest absolute Gasteiger partial charge is 0.545 e. The lowest BCUT2D eigenvalue weighted by Crippen LogP contribution is -2.23. The zero-order chi connectivity index (χ0) is 12.0. The van der Waals surface area contributed by atoms with Gasteiger partial charge in [-0.05, 0) is 13.0 Å². The molecule has 16 heavy (non-hydrogen) atoms. The summed E-state index contributed by atoms with van der Waals surface area (Å²) in [5.74, 6) is -1.51. The Bertz CT molecular complexity index is 389. The molecule has 0 saturated carbocycles. The number of thioether (sulfide) groups is 1. The summed E-state index contributed by atoms with van der Waals surface area (Å²) in [4.78, 5) is 22.4. The van der Waals surface area contributed by atoms with Crippen LogP contribution in [0.2, 0.25) is 0 Å². The normalized spacial score (nSPS) is 9.81. The zero-order valence-corrected chi connectivity index (χ0v) is 9.58. The molecule has 4 nitrogen and oxygen atoms in total. The maximum atomic E-state index is 11.1. The van der Waals surface area contributed by atoms with Crippen LogP contribution in [0.25, 0.3) is 0 Å². The highest BCUT2D eigenvalue weighted by Gasteiger charge is 2.07. The third kappa shape index (κ3) is 3.58. The predicted molar refractivity (Wildman–Crippen MR) is 58.1 cm³/mol. The lowest BCUT2D eigenvalue weighted by molar-refractivity contribution is -0.255. The molecule has 0 atom stereocenters. The monoisotopic (exact) mass is 239 g/mol. The Labute approximate surface area is 97.6 Å². The molecule has 0 bridgehead atoms. The van der Waals surface area contributed by atoms with E-state index < -0.39 is 5.97 Å². The quantitative estimate of drug-likeness (QED) is 0.559. The number of ether oxygens (including phenoxy) is 1. The molecule has 1 aromatic rings. The molecular formula is C11H11O4S-. The van der Waals surface area contributed by atoms with Crippen molar-refractivity contribution in [3.8, 4) is 0 Å². The zero-order valence-electron chi connectivity index (χ0n) is 8.76. The summed E-state index contributed by atoms with van der Waals surface area (Å²) in [6.45, 7) is 2.04. The number of carboxylic acids is 1. The van der Waals surface area contributed by atoms with Gasteiger partial charge < -0.3 is 14.6 Å². The molecule has 0 amide bonds. The third-order valence-corrected chi connectivity index (χ3v) is 2.80. The van der Waals surface area contributed by atoms with E-state index >= 15 is 0 Å². The highest BCUT2D eigenvalue weighted by Crippen LogP contribution is 2.22. The van der Waals surface area contributed by atoms with Crippen LogP contribution in [0.15, 0.2) is 29.2 Å². The van der Waals surface area contributed by atoms with Crippen LogP contribution < -0.4 is 5.11 Å². The van der Waals surface area contributed by atoms with Gasteiger partial charge in [0.15, 0.2) is 0 Å². The fourth-order valence-corrected chi connectivity index (χ4v) is 1.94. The Balaban J connectivity index is 2.66. The van der Waals surface area contributed by atoms with Crippen molar-refractivity contribution in [2.24, 2.45) is 0 Å². The third-order valence-electron chi connectivity index (χ3n) is 1.76. The molecule has 0 N–H and O–H groups in total. The molecule has 0 heterocycles.